The molecule has 0 bridgehead atoms. The van der Waals surface area contributed by atoms with Crippen LogP contribution in [0.4, 0.5) is 0 Å². The Hall–Kier alpha value is -3.10. The van der Waals surface area contributed by atoms with Gasteiger partial charge in [0.2, 0.25) is 5.91 Å². The van der Waals surface area contributed by atoms with Crippen LogP contribution < -0.4 is 11.2 Å². The molecule has 0 radical (unpaired) electrons. The summed E-state index contributed by atoms with van der Waals surface area (Å²) >= 11 is 0. The number of hydrogen-bond acceptors (Lipinski definition) is 5. The molecule has 0 aliphatic carbocycles. The zero-order valence-corrected chi connectivity index (χ0v) is 14.3. The Morgan fingerprint density at radius 3 is 2.72 bits per heavy atom. The smallest absolute Gasteiger partial charge is 0.332 e. The normalized spacial score (nSPS) is 11.2. The number of aromatic nitrogens is 4. The molecule has 3 aromatic rings. The van der Waals surface area contributed by atoms with E-state index in [0.29, 0.717) is 30.0 Å². The van der Waals surface area contributed by atoms with Crippen LogP contribution in [0, 0.1) is 0 Å². The minimum absolute atomic E-state index is 0.0834. The summed E-state index contributed by atoms with van der Waals surface area (Å²) in [6.07, 6.45) is 3.24. The van der Waals surface area contributed by atoms with Crippen molar-refractivity contribution in [3.63, 3.8) is 0 Å². The average Bonchev–Trinajstić information content (AvgIpc) is 3.25. The van der Waals surface area contributed by atoms with E-state index < -0.39 is 11.2 Å². The number of rotatable bonds is 5. The molecule has 0 unspecified atom stereocenters. The molecule has 0 saturated carbocycles. The Bertz CT molecular complexity index is 1030. The highest BCUT2D eigenvalue weighted by atomic mass is 16.3. The highest BCUT2D eigenvalue weighted by molar-refractivity contribution is 5.76. The second-order valence-corrected chi connectivity index (χ2v) is 5.90. The SMILES string of the molecule is CN(Cc1ccco1)C(=O)CCn1cnc2c1c(=O)n(C)c(=O)n2C. The van der Waals surface area contributed by atoms with Gasteiger partial charge in [-0.25, -0.2) is 9.78 Å². The molecule has 1 amide bonds. The van der Waals surface area contributed by atoms with Crippen molar-refractivity contribution in [2.75, 3.05) is 7.05 Å². The highest BCUT2D eigenvalue weighted by Crippen LogP contribution is 2.09. The fraction of sp³-hybridized carbons (Fsp3) is 0.375. The number of carbonyl (C=O) groups is 1. The number of imidazole rings is 1. The Morgan fingerprint density at radius 1 is 1.28 bits per heavy atom. The molecule has 3 heterocycles. The first-order valence-corrected chi connectivity index (χ1v) is 7.77. The topological polar surface area (TPSA) is 95.3 Å². The Kier molecular flexibility index (Phi) is 4.30. The first kappa shape index (κ1) is 16.7. The number of carbonyl (C=O) groups excluding carboxylic acids is 1. The van der Waals surface area contributed by atoms with E-state index >= 15 is 0 Å². The van der Waals surface area contributed by atoms with Gasteiger partial charge in [0.05, 0.1) is 19.1 Å². The van der Waals surface area contributed by atoms with Crippen molar-refractivity contribution < 1.29 is 9.21 Å². The number of fused-ring (bicyclic) bond motifs is 1. The molecule has 0 saturated heterocycles. The monoisotopic (exact) mass is 345 g/mol. The minimum Gasteiger partial charge on any atom is -0.467 e. The number of hydrogen-bond donors (Lipinski definition) is 0. The molecular formula is C16H19N5O4. The predicted octanol–water partition coefficient (Wildman–Crippen LogP) is 0.0754. The summed E-state index contributed by atoms with van der Waals surface area (Å²) in [4.78, 5) is 42.3. The standard InChI is InChI=1S/C16H19N5O4/c1-18(9-11-5-4-8-25-11)12(22)6-7-21-10-17-14-13(21)15(23)20(3)16(24)19(14)2/h4-5,8,10H,6-7,9H2,1-3H3. The van der Waals surface area contributed by atoms with Crippen molar-refractivity contribution >= 4 is 17.1 Å². The lowest BCUT2D eigenvalue weighted by Crippen LogP contribution is -2.37. The maximum absolute atomic E-state index is 12.4. The van der Waals surface area contributed by atoms with E-state index in [-0.39, 0.29) is 12.3 Å². The summed E-state index contributed by atoms with van der Waals surface area (Å²) in [6, 6.07) is 3.57. The molecule has 9 heteroatoms. The molecule has 0 N–H and O–H groups in total. The zero-order valence-electron chi connectivity index (χ0n) is 14.3. The summed E-state index contributed by atoms with van der Waals surface area (Å²) < 4.78 is 9.19. The van der Waals surface area contributed by atoms with Gasteiger partial charge in [-0.15, -0.1) is 0 Å². The van der Waals surface area contributed by atoms with Gasteiger partial charge in [-0.05, 0) is 12.1 Å². The van der Waals surface area contributed by atoms with E-state index in [0.717, 1.165) is 4.57 Å². The van der Waals surface area contributed by atoms with E-state index in [1.54, 1.807) is 42.0 Å². The molecule has 3 rings (SSSR count). The van der Waals surface area contributed by atoms with Crippen LogP contribution in [-0.2, 0) is 32.0 Å². The van der Waals surface area contributed by atoms with Gasteiger partial charge in [0.15, 0.2) is 11.2 Å². The van der Waals surface area contributed by atoms with E-state index in [4.69, 9.17) is 4.42 Å². The van der Waals surface area contributed by atoms with Gasteiger partial charge in [0, 0.05) is 34.1 Å². The van der Waals surface area contributed by atoms with Crippen LogP contribution in [0.1, 0.15) is 12.2 Å². The number of amides is 1. The molecule has 0 fully saturated rings. The van der Waals surface area contributed by atoms with E-state index in [1.807, 2.05) is 0 Å². The first-order valence-electron chi connectivity index (χ1n) is 7.77. The van der Waals surface area contributed by atoms with Crippen LogP contribution in [0.2, 0.25) is 0 Å². The Balaban J connectivity index is 1.79. The quantitative estimate of drug-likeness (QED) is 0.652. The van der Waals surface area contributed by atoms with Crippen LogP contribution in [0.15, 0.2) is 38.7 Å². The number of nitrogens with zero attached hydrogens (tertiary/aromatic N) is 5. The predicted molar refractivity (Wildman–Crippen MR) is 90.0 cm³/mol. The van der Waals surface area contributed by atoms with Crippen LogP contribution in [0.25, 0.3) is 11.2 Å². The Labute approximate surface area is 142 Å². The molecular weight excluding hydrogens is 326 g/mol. The van der Waals surface area contributed by atoms with Gasteiger partial charge in [-0.2, -0.15) is 0 Å². The van der Waals surface area contributed by atoms with E-state index in [2.05, 4.69) is 4.98 Å². The van der Waals surface area contributed by atoms with Crippen molar-refractivity contribution in [2.45, 2.75) is 19.5 Å². The Morgan fingerprint density at radius 2 is 2.04 bits per heavy atom. The van der Waals surface area contributed by atoms with Gasteiger partial charge in [0.25, 0.3) is 5.56 Å². The molecule has 132 valence electrons. The summed E-state index contributed by atoms with van der Waals surface area (Å²) in [5.74, 6) is 0.618. The van der Waals surface area contributed by atoms with Crippen molar-refractivity contribution in [3.8, 4) is 0 Å². The minimum atomic E-state index is -0.433. The third kappa shape index (κ3) is 3.00. The fourth-order valence-electron chi connectivity index (χ4n) is 2.70. The highest BCUT2D eigenvalue weighted by Gasteiger charge is 2.16. The molecule has 0 spiro atoms. The van der Waals surface area contributed by atoms with Gasteiger partial charge in [0.1, 0.15) is 5.76 Å². The largest absolute Gasteiger partial charge is 0.467 e. The maximum atomic E-state index is 12.4. The van der Waals surface area contributed by atoms with Gasteiger partial charge >= 0.3 is 5.69 Å². The second-order valence-electron chi connectivity index (χ2n) is 5.90. The number of furan rings is 1. The molecule has 9 nitrogen and oxygen atoms in total. The molecule has 3 aromatic heterocycles. The zero-order chi connectivity index (χ0) is 18.1. The van der Waals surface area contributed by atoms with Gasteiger partial charge in [-0.1, -0.05) is 0 Å². The number of aryl methyl sites for hydroxylation is 2. The lowest BCUT2D eigenvalue weighted by Gasteiger charge is -2.16. The fourth-order valence-corrected chi connectivity index (χ4v) is 2.70. The summed E-state index contributed by atoms with van der Waals surface area (Å²) in [5, 5.41) is 0. The lowest BCUT2D eigenvalue weighted by molar-refractivity contribution is -0.130. The average molecular weight is 345 g/mol. The van der Waals surface area contributed by atoms with Crippen LogP contribution in [0.3, 0.4) is 0 Å². The van der Waals surface area contributed by atoms with Crippen molar-refractivity contribution in [1.82, 2.24) is 23.6 Å². The van der Waals surface area contributed by atoms with Gasteiger partial charge < -0.3 is 13.9 Å². The second kappa shape index (κ2) is 6.42. The van der Waals surface area contributed by atoms with E-state index in [9.17, 15) is 14.4 Å². The lowest BCUT2D eigenvalue weighted by atomic mass is 10.3. The summed E-state index contributed by atoms with van der Waals surface area (Å²) in [6.45, 7) is 0.679. The molecule has 25 heavy (non-hydrogen) atoms. The van der Waals surface area contributed by atoms with E-state index in [1.165, 1.54) is 17.9 Å². The van der Waals surface area contributed by atoms with Gasteiger partial charge in [-0.3, -0.25) is 18.7 Å². The third-order valence-corrected chi connectivity index (χ3v) is 4.18. The van der Waals surface area contributed by atoms with Crippen LogP contribution in [-0.4, -0.2) is 36.5 Å². The van der Waals surface area contributed by atoms with Crippen molar-refractivity contribution in [3.05, 3.63) is 51.3 Å². The molecule has 0 aromatic carbocycles. The summed E-state index contributed by atoms with van der Waals surface area (Å²) in [5.41, 5.74) is -0.237. The van der Waals surface area contributed by atoms with Crippen molar-refractivity contribution in [2.24, 2.45) is 14.1 Å². The first-order chi connectivity index (χ1) is 11.9. The van der Waals surface area contributed by atoms with Crippen LogP contribution in [0.5, 0.6) is 0 Å². The van der Waals surface area contributed by atoms with Crippen molar-refractivity contribution in [1.29, 1.82) is 0 Å². The maximum Gasteiger partial charge on any atom is 0.332 e. The van der Waals surface area contributed by atoms with Crippen LogP contribution >= 0.6 is 0 Å². The molecule has 0 aliphatic heterocycles. The third-order valence-electron chi connectivity index (χ3n) is 4.18. The molecule has 0 aliphatic rings. The molecule has 0 atom stereocenters. The summed E-state index contributed by atoms with van der Waals surface area (Å²) in [7, 11) is 4.67.